The fourth-order valence-corrected chi connectivity index (χ4v) is 2.77. The highest BCUT2D eigenvalue weighted by molar-refractivity contribution is 7.89. The van der Waals surface area contributed by atoms with Crippen molar-refractivity contribution in [3.63, 3.8) is 0 Å². The van der Waals surface area contributed by atoms with Crippen molar-refractivity contribution >= 4 is 10.0 Å². The van der Waals surface area contributed by atoms with E-state index in [0.29, 0.717) is 18.9 Å². The second kappa shape index (κ2) is 6.60. The van der Waals surface area contributed by atoms with Crippen LogP contribution in [0.4, 0.5) is 8.78 Å². The molecule has 0 spiro atoms. The van der Waals surface area contributed by atoms with E-state index in [9.17, 15) is 17.2 Å². The van der Waals surface area contributed by atoms with E-state index in [2.05, 4.69) is 4.72 Å². The largest absolute Gasteiger partial charge is 0.396 e. The van der Waals surface area contributed by atoms with Crippen LogP contribution in [0.1, 0.15) is 26.7 Å². The van der Waals surface area contributed by atoms with Crippen LogP contribution in [0.5, 0.6) is 0 Å². The molecule has 0 heterocycles. The summed E-state index contributed by atoms with van der Waals surface area (Å²) in [6, 6.07) is 2.28. The van der Waals surface area contributed by atoms with Crippen molar-refractivity contribution in [2.75, 3.05) is 13.2 Å². The van der Waals surface area contributed by atoms with Crippen molar-refractivity contribution in [2.45, 2.75) is 31.6 Å². The van der Waals surface area contributed by atoms with Gasteiger partial charge in [-0.05, 0) is 36.5 Å². The van der Waals surface area contributed by atoms with Gasteiger partial charge in [0.25, 0.3) is 0 Å². The quantitative estimate of drug-likeness (QED) is 0.758. The normalized spacial score (nSPS) is 12.7. The van der Waals surface area contributed by atoms with Crippen LogP contribution in [0, 0.1) is 17.0 Å². The van der Waals surface area contributed by atoms with Crippen LogP contribution in [0.3, 0.4) is 0 Å². The van der Waals surface area contributed by atoms with Crippen molar-refractivity contribution in [3.05, 3.63) is 29.8 Å². The van der Waals surface area contributed by atoms with Crippen LogP contribution < -0.4 is 4.72 Å². The molecule has 0 radical (unpaired) electrons. The van der Waals surface area contributed by atoms with E-state index >= 15 is 0 Å². The first kappa shape index (κ1) is 17.0. The molecule has 20 heavy (non-hydrogen) atoms. The molecule has 7 heteroatoms. The Kier molecular flexibility index (Phi) is 5.61. The Hall–Kier alpha value is -1.05. The number of sulfonamides is 1. The lowest BCUT2D eigenvalue weighted by Gasteiger charge is -2.21. The van der Waals surface area contributed by atoms with Crippen LogP contribution in [0.2, 0.25) is 0 Å². The lowest BCUT2D eigenvalue weighted by molar-refractivity contribution is 0.148. The Morgan fingerprint density at radius 1 is 1.30 bits per heavy atom. The number of hydrogen-bond donors (Lipinski definition) is 2. The summed E-state index contributed by atoms with van der Waals surface area (Å²) in [5.74, 6) is -1.80. The predicted molar refractivity (Wildman–Crippen MR) is 71.6 cm³/mol. The number of aliphatic hydroxyl groups excluding tert-OH is 1. The molecule has 4 nitrogen and oxygen atoms in total. The van der Waals surface area contributed by atoms with E-state index in [4.69, 9.17) is 5.11 Å². The standard InChI is InChI=1S/C13H19F2NO3S/c1-13(2,9-17)6-3-7-16-20(18,19)12-8-10(14)4-5-11(12)15/h4-5,8,16-17H,3,6-7,9H2,1-2H3. The third kappa shape index (κ3) is 4.81. The lowest BCUT2D eigenvalue weighted by Crippen LogP contribution is -2.27. The van der Waals surface area contributed by atoms with Crippen LogP contribution in [0.25, 0.3) is 0 Å². The minimum Gasteiger partial charge on any atom is -0.396 e. The molecule has 1 aromatic carbocycles. The number of benzene rings is 1. The molecule has 0 aliphatic heterocycles. The average molecular weight is 307 g/mol. The molecule has 0 aliphatic carbocycles. The van der Waals surface area contributed by atoms with Gasteiger partial charge in [-0.3, -0.25) is 0 Å². The number of aliphatic hydroxyl groups is 1. The fourth-order valence-electron chi connectivity index (χ4n) is 1.61. The molecule has 2 N–H and O–H groups in total. The number of rotatable bonds is 7. The number of halogens is 2. The third-order valence-electron chi connectivity index (χ3n) is 2.93. The Labute approximate surface area is 117 Å². The number of nitrogens with one attached hydrogen (secondary N) is 1. The van der Waals surface area contributed by atoms with E-state index in [1.54, 1.807) is 0 Å². The highest BCUT2D eigenvalue weighted by atomic mass is 32.2. The molecule has 0 atom stereocenters. The van der Waals surface area contributed by atoms with Gasteiger partial charge in [-0.15, -0.1) is 0 Å². The van der Waals surface area contributed by atoms with Crippen LogP contribution in [-0.2, 0) is 10.0 Å². The summed E-state index contributed by atoms with van der Waals surface area (Å²) in [6.07, 6.45) is 1.10. The Morgan fingerprint density at radius 2 is 1.95 bits per heavy atom. The Bertz CT molecular complexity index is 559. The zero-order chi connectivity index (χ0) is 15.4. The molecule has 1 aromatic rings. The first-order chi connectivity index (χ1) is 9.18. The van der Waals surface area contributed by atoms with Gasteiger partial charge in [0.2, 0.25) is 10.0 Å². The van der Waals surface area contributed by atoms with E-state index < -0.39 is 26.6 Å². The third-order valence-corrected chi connectivity index (χ3v) is 4.41. The first-order valence-electron chi connectivity index (χ1n) is 6.23. The van der Waals surface area contributed by atoms with Crippen molar-refractivity contribution in [1.82, 2.24) is 4.72 Å². The minimum absolute atomic E-state index is 0.00171. The van der Waals surface area contributed by atoms with Gasteiger partial charge in [-0.25, -0.2) is 21.9 Å². The smallest absolute Gasteiger partial charge is 0.243 e. The van der Waals surface area contributed by atoms with Crippen molar-refractivity contribution in [2.24, 2.45) is 5.41 Å². The molecule has 0 bridgehead atoms. The van der Waals surface area contributed by atoms with Crippen molar-refractivity contribution < 1.29 is 22.3 Å². The molecule has 0 aromatic heterocycles. The summed E-state index contributed by atoms with van der Waals surface area (Å²) < 4.78 is 52.3. The number of hydrogen-bond acceptors (Lipinski definition) is 3. The summed E-state index contributed by atoms with van der Waals surface area (Å²) in [4.78, 5) is -0.695. The first-order valence-corrected chi connectivity index (χ1v) is 7.72. The molecule has 0 aliphatic rings. The van der Waals surface area contributed by atoms with Crippen molar-refractivity contribution in [1.29, 1.82) is 0 Å². The van der Waals surface area contributed by atoms with E-state index in [-0.39, 0.29) is 18.6 Å². The molecular formula is C13H19F2NO3S. The van der Waals surface area contributed by atoms with Gasteiger partial charge >= 0.3 is 0 Å². The van der Waals surface area contributed by atoms with Crippen LogP contribution >= 0.6 is 0 Å². The maximum absolute atomic E-state index is 13.4. The van der Waals surface area contributed by atoms with Gasteiger partial charge in [0.05, 0.1) is 0 Å². The van der Waals surface area contributed by atoms with Gasteiger partial charge < -0.3 is 5.11 Å². The Balaban J connectivity index is 2.65. The van der Waals surface area contributed by atoms with E-state index in [0.717, 1.165) is 12.1 Å². The van der Waals surface area contributed by atoms with E-state index in [1.165, 1.54) is 0 Å². The summed E-state index contributed by atoms with van der Waals surface area (Å²) in [7, 11) is -4.07. The summed E-state index contributed by atoms with van der Waals surface area (Å²) in [5, 5.41) is 9.07. The molecule has 0 saturated heterocycles. The lowest BCUT2D eigenvalue weighted by atomic mass is 9.89. The summed E-state index contributed by atoms with van der Waals surface area (Å²) in [5.41, 5.74) is -0.296. The fraction of sp³-hybridized carbons (Fsp3) is 0.538. The van der Waals surface area contributed by atoms with Gasteiger partial charge in [0, 0.05) is 13.2 Å². The van der Waals surface area contributed by atoms with Crippen LogP contribution in [-0.4, -0.2) is 26.7 Å². The second-order valence-corrected chi connectivity index (χ2v) is 7.13. The maximum atomic E-state index is 13.4. The molecule has 0 unspecified atom stereocenters. The minimum atomic E-state index is -4.07. The van der Waals surface area contributed by atoms with Crippen LogP contribution in [0.15, 0.2) is 23.1 Å². The topological polar surface area (TPSA) is 66.4 Å². The van der Waals surface area contributed by atoms with Crippen molar-refractivity contribution in [3.8, 4) is 0 Å². The Morgan fingerprint density at radius 3 is 2.55 bits per heavy atom. The maximum Gasteiger partial charge on any atom is 0.243 e. The highest BCUT2D eigenvalue weighted by Crippen LogP contribution is 2.21. The monoisotopic (exact) mass is 307 g/mol. The molecule has 0 saturated carbocycles. The molecule has 0 amide bonds. The predicted octanol–water partition coefficient (Wildman–Crippen LogP) is 2.04. The van der Waals surface area contributed by atoms with Gasteiger partial charge in [-0.2, -0.15) is 0 Å². The van der Waals surface area contributed by atoms with Gasteiger partial charge in [0.1, 0.15) is 16.5 Å². The second-order valence-electron chi connectivity index (χ2n) is 5.40. The zero-order valence-corrected chi connectivity index (χ0v) is 12.3. The zero-order valence-electron chi connectivity index (χ0n) is 11.5. The average Bonchev–Trinajstić information content (AvgIpc) is 2.37. The SMILES string of the molecule is CC(C)(CO)CCCNS(=O)(=O)c1cc(F)ccc1F. The summed E-state index contributed by atoms with van der Waals surface area (Å²) >= 11 is 0. The molecule has 1 rings (SSSR count). The van der Waals surface area contributed by atoms with E-state index in [1.807, 2.05) is 13.8 Å². The highest BCUT2D eigenvalue weighted by Gasteiger charge is 2.20. The van der Waals surface area contributed by atoms with Gasteiger partial charge in [0.15, 0.2) is 0 Å². The molecular weight excluding hydrogens is 288 g/mol. The summed E-state index contributed by atoms with van der Waals surface area (Å²) in [6.45, 7) is 3.81. The van der Waals surface area contributed by atoms with Gasteiger partial charge in [-0.1, -0.05) is 13.8 Å². The molecule has 114 valence electrons. The molecule has 0 fully saturated rings.